The molecule has 0 atom stereocenters. The molecule has 129 heavy (non-hydrogen) atoms. The van der Waals surface area contributed by atoms with Gasteiger partial charge >= 0.3 is 0 Å². The van der Waals surface area contributed by atoms with E-state index in [1.807, 2.05) is 0 Å². The van der Waals surface area contributed by atoms with E-state index in [0.717, 1.165) is 55.6 Å². The van der Waals surface area contributed by atoms with Crippen LogP contribution in [0, 0.1) is 13.8 Å². The molecular weight excluding hydrogens is 1560 g/mol. The Kier molecular flexibility index (Phi) is 30.0. The van der Waals surface area contributed by atoms with Crippen molar-refractivity contribution in [3.63, 3.8) is 0 Å². The van der Waals surface area contributed by atoms with Gasteiger partial charge < -0.3 is 14.0 Å². The first-order chi connectivity index (χ1) is 63.6. The lowest BCUT2D eigenvalue weighted by Gasteiger charge is -2.33. The predicted molar refractivity (Wildman–Crippen MR) is 561 cm³/mol. The molecule has 0 N–H and O–H groups in total. The number of rotatable bonds is 47. The summed E-state index contributed by atoms with van der Waals surface area (Å²) < 4.78 is 5.59. The van der Waals surface area contributed by atoms with E-state index in [9.17, 15) is 0 Å². The van der Waals surface area contributed by atoms with Gasteiger partial charge in [0.1, 0.15) is 0 Å². The number of unbranched alkanes of at least 4 members (excludes halogenated alkanes) is 26. The van der Waals surface area contributed by atoms with E-state index in [0.29, 0.717) is 0 Å². The highest BCUT2D eigenvalue weighted by Crippen LogP contribution is 2.61. The third-order valence-corrected chi connectivity index (χ3v) is 30.0. The van der Waals surface area contributed by atoms with Crippen LogP contribution in [-0.4, -0.2) is 9.13 Å². The predicted octanol–water partition coefficient (Wildman–Crippen LogP) is 38.4. The smallest absolute Gasteiger partial charge is 0.0622 e. The van der Waals surface area contributed by atoms with Crippen LogP contribution in [0.25, 0.3) is 122 Å². The molecule has 0 saturated heterocycles. The summed E-state index contributed by atoms with van der Waals surface area (Å²) in [5.74, 6) is 0. The van der Waals surface area contributed by atoms with Crippen LogP contribution in [0.3, 0.4) is 0 Å². The first kappa shape index (κ1) is 90.2. The first-order valence-corrected chi connectivity index (χ1v) is 51.5. The van der Waals surface area contributed by atoms with E-state index >= 15 is 0 Å². The normalized spacial score (nSPS) is 13.0. The minimum atomic E-state index is -0.213. The van der Waals surface area contributed by atoms with Crippen molar-refractivity contribution in [2.45, 2.75) is 310 Å². The average molecular weight is 1700 g/mol. The Hall–Kier alpha value is -10.7. The molecule has 3 heteroatoms. The van der Waals surface area contributed by atoms with Crippen molar-refractivity contribution < 1.29 is 0 Å². The largest absolute Gasteiger partial charge is 0.311 e. The molecular formula is C126H145N3. The van der Waals surface area contributed by atoms with Gasteiger partial charge in [-0.1, -0.05) is 427 Å². The zero-order valence-corrected chi connectivity index (χ0v) is 79.7. The van der Waals surface area contributed by atoms with Crippen molar-refractivity contribution in [2.24, 2.45) is 0 Å². The van der Waals surface area contributed by atoms with Gasteiger partial charge in [0, 0.05) is 71.9 Å². The van der Waals surface area contributed by atoms with Crippen LogP contribution in [-0.2, 0) is 23.7 Å². The SMILES string of the molecule is CCCCCCCCC1(CCCCCCCC)c2cc(-c3cc(CCCCCC)c(-n4c5ccc(-c6ccccc6)cc5c5ccc6c(c54)-c4ccc(C)cc4C6(CCCCCCCC)CCCCCCCC)cc3CCCCCC)ccc2-c2c1ccc1c3cc(-c4ccccc4)ccc3n(-c3ccc(N(c4ccc(C)cc4)c4ccc(-c5ccccc5)cc4)cc3)c21. The Morgan fingerprint density at radius 3 is 1.06 bits per heavy atom. The zero-order chi connectivity index (χ0) is 88.5. The summed E-state index contributed by atoms with van der Waals surface area (Å²) in [7, 11) is 0. The van der Waals surface area contributed by atoms with Crippen molar-refractivity contribution in [1.82, 2.24) is 9.13 Å². The van der Waals surface area contributed by atoms with Crippen LogP contribution in [0.15, 0.2) is 273 Å². The molecule has 0 unspecified atom stereocenters. The van der Waals surface area contributed by atoms with Gasteiger partial charge in [-0.25, -0.2) is 0 Å². The molecule has 0 bridgehead atoms. The van der Waals surface area contributed by atoms with Gasteiger partial charge in [-0.2, -0.15) is 0 Å². The van der Waals surface area contributed by atoms with Crippen molar-refractivity contribution in [2.75, 3.05) is 4.90 Å². The van der Waals surface area contributed by atoms with Gasteiger partial charge in [0.15, 0.2) is 0 Å². The number of benzene rings is 13. The van der Waals surface area contributed by atoms with Gasteiger partial charge in [-0.15, -0.1) is 0 Å². The number of hydrogen-bond acceptors (Lipinski definition) is 1. The molecule has 15 aromatic rings. The molecule has 13 aromatic carbocycles. The fourth-order valence-electron chi connectivity index (χ4n) is 23.1. The van der Waals surface area contributed by atoms with Crippen molar-refractivity contribution in [3.8, 4) is 78.1 Å². The topological polar surface area (TPSA) is 13.1 Å². The number of hydrogen-bond donors (Lipinski definition) is 0. The molecule has 0 spiro atoms. The summed E-state index contributed by atoms with van der Waals surface area (Å²) in [6, 6.07) is 108. The summed E-state index contributed by atoms with van der Waals surface area (Å²) >= 11 is 0. The minimum Gasteiger partial charge on any atom is -0.311 e. The Balaban J connectivity index is 0.893. The highest BCUT2D eigenvalue weighted by molar-refractivity contribution is 6.18. The Bertz CT molecular complexity index is 6180. The number of nitrogens with zero attached hydrogens (tertiary/aromatic N) is 3. The lowest BCUT2D eigenvalue weighted by molar-refractivity contribution is 0.398. The third-order valence-electron chi connectivity index (χ3n) is 30.0. The fourth-order valence-corrected chi connectivity index (χ4v) is 23.1. The van der Waals surface area contributed by atoms with Gasteiger partial charge in [-0.05, 0) is 245 Å². The summed E-state index contributed by atoms with van der Waals surface area (Å²) in [5, 5.41) is 5.35. The molecule has 664 valence electrons. The molecule has 0 amide bonds. The van der Waals surface area contributed by atoms with E-state index in [1.54, 1.807) is 22.3 Å². The Labute approximate surface area is 775 Å². The van der Waals surface area contributed by atoms with Gasteiger partial charge in [0.25, 0.3) is 0 Å². The van der Waals surface area contributed by atoms with Crippen LogP contribution in [0.5, 0.6) is 0 Å². The minimum absolute atomic E-state index is 0.0665. The summed E-state index contributed by atoms with van der Waals surface area (Å²) in [4.78, 5) is 2.44. The third kappa shape index (κ3) is 19.1. The lowest BCUT2D eigenvalue weighted by Crippen LogP contribution is -2.25. The lowest BCUT2D eigenvalue weighted by atomic mass is 9.70. The molecule has 0 radical (unpaired) electrons. The second kappa shape index (κ2) is 42.9. The van der Waals surface area contributed by atoms with Crippen LogP contribution in [0.2, 0.25) is 0 Å². The maximum Gasteiger partial charge on any atom is 0.0622 e. The van der Waals surface area contributed by atoms with Gasteiger partial charge in [-0.3, -0.25) is 0 Å². The summed E-state index contributed by atoms with van der Waals surface area (Å²) in [5.41, 5.74) is 39.1. The monoisotopic (exact) mass is 1700 g/mol. The zero-order valence-electron chi connectivity index (χ0n) is 79.7. The van der Waals surface area contributed by atoms with E-state index in [2.05, 4.69) is 342 Å². The van der Waals surface area contributed by atoms with Crippen LogP contribution < -0.4 is 4.90 Å². The van der Waals surface area contributed by atoms with E-state index in [4.69, 9.17) is 0 Å². The van der Waals surface area contributed by atoms with Crippen molar-refractivity contribution >= 4 is 60.7 Å². The number of fused-ring (bicyclic) bond motifs is 14. The number of aryl methyl sites for hydroxylation is 4. The van der Waals surface area contributed by atoms with Gasteiger partial charge in [0.2, 0.25) is 0 Å². The van der Waals surface area contributed by atoms with Crippen LogP contribution >= 0.6 is 0 Å². The number of anilines is 3. The van der Waals surface area contributed by atoms with E-state index < -0.39 is 0 Å². The highest BCUT2D eigenvalue weighted by Gasteiger charge is 2.46. The Morgan fingerprint density at radius 2 is 0.597 bits per heavy atom. The molecule has 2 heterocycles. The van der Waals surface area contributed by atoms with Crippen LogP contribution in [0.1, 0.15) is 317 Å². The Morgan fingerprint density at radius 1 is 0.240 bits per heavy atom. The molecule has 2 aliphatic carbocycles. The highest BCUT2D eigenvalue weighted by atomic mass is 15.1. The van der Waals surface area contributed by atoms with E-state index in [-0.39, 0.29) is 10.8 Å². The molecule has 2 aromatic heterocycles. The quantitative estimate of drug-likeness (QED) is 0.0347. The summed E-state index contributed by atoms with van der Waals surface area (Å²) in [6.45, 7) is 18.8. The molecule has 3 nitrogen and oxygen atoms in total. The number of aromatic nitrogens is 2. The average Bonchev–Trinajstić information content (AvgIpc) is 1.53. The van der Waals surface area contributed by atoms with Crippen LogP contribution in [0.4, 0.5) is 17.1 Å². The first-order valence-electron chi connectivity index (χ1n) is 51.5. The fraction of sp³-hybridized carbons (Fsp3) is 0.381. The molecule has 0 fully saturated rings. The second-order valence-electron chi connectivity index (χ2n) is 39.0. The van der Waals surface area contributed by atoms with Gasteiger partial charge in [0.05, 0.1) is 22.1 Å². The molecule has 0 aliphatic heterocycles. The molecule has 2 aliphatic rings. The van der Waals surface area contributed by atoms with E-state index in [1.165, 1.54) is 349 Å². The summed E-state index contributed by atoms with van der Waals surface area (Å²) in [6.07, 6.45) is 47.3. The maximum atomic E-state index is 2.89. The molecule has 17 rings (SSSR count). The molecule has 0 saturated carbocycles. The van der Waals surface area contributed by atoms with Crippen molar-refractivity contribution in [1.29, 1.82) is 0 Å². The van der Waals surface area contributed by atoms with Crippen molar-refractivity contribution in [3.05, 3.63) is 317 Å². The second-order valence-corrected chi connectivity index (χ2v) is 39.0. The maximum absolute atomic E-state index is 2.89. The standard InChI is InChI=1S/C126H145N3/c1-9-15-21-27-31-46-82-125(83-47-32-28-22-16-10-2)115-79-77-108-113-88-99(96-54-44-37-45-55-96)65-81-119(113)129(124(108)122(115)109-74-60-93(8)86-116(109)125)120-91-100(56-38-25-19-13-5)111(89-102(120)57-39-26-20-14-6)101-63-75-110-117(90-101)126(84-48-33-29-23-17-11-3,85-49-34-30-24-18-12-4)114-78-76-107-112-87-98(95-52-42-36-43-53-95)64-80-118(112)128(123(107)121(110)114)106-72-70-105(71-73-106)127(103-66-58-92(7)59-67-103)104-68-61-97(62-69-104)94-50-40-35-41-51-94/h35-37,40-45,50-55,58-81,86-91H,9-34,38-39,46-49,56-57,82-85H2,1-8H3.